The fraction of sp³-hybridized carbons (Fsp3) is 0.471. The molecule has 2 fully saturated rings. The molecular weight excluding hydrogens is 400 g/mol. The van der Waals surface area contributed by atoms with Crippen LogP contribution in [0, 0.1) is 5.92 Å². The molecule has 27 heavy (non-hydrogen) atoms. The molecule has 1 N–H and O–H groups in total. The second kappa shape index (κ2) is 7.40. The van der Waals surface area contributed by atoms with Crippen LogP contribution in [0.15, 0.2) is 24.3 Å². The summed E-state index contributed by atoms with van der Waals surface area (Å²) in [7, 11) is 0. The zero-order valence-corrected chi connectivity index (χ0v) is 19.1. The third kappa shape index (κ3) is 3.09. The summed E-state index contributed by atoms with van der Waals surface area (Å²) >= 11 is 1.30. The minimum atomic E-state index is -1.32. The Labute approximate surface area is 201 Å². The van der Waals surface area contributed by atoms with Gasteiger partial charge in [0.2, 0.25) is 5.91 Å². The van der Waals surface area contributed by atoms with Gasteiger partial charge in [0.15, 0.2) is 6.80 Å². The van der Waals surface area contributed by atoms with E-state index in [4.69, 9.17) is 0 Å². The van der Waals surface area contributed by atoms with Gasteiger partial charge in [-0.05, 0) is 26.0 Å². The van der Waals surface area contributed by atoms with Crippen molar-refractivity contribution in [3.8, 4) is 0 Å². The van der Waals surface area contributed by atoms with Gasteiger partial charge in [-0.15, -0.1) is 11.8 Å². The molecule has 2 aliphatic heterocycles. The van der Waals surface area contributed by atoms with Crippen LogP contribution < -0.4 is 56.5 Å². The van der Waals surface area contributed by atoms with E-state index in [1.54, 1.807) is 38.1 Å². The van der Waals surface area contributed by atoms with E-state index in [0.29, 0.717) is 11.0 Å². The van der Waals surface area contributed by atoms with Gasteiger partial charge in [-0.25, -0.2) is 9.37 Å². The largest absolute Gasteiger partial charge is 1.00 e. The number of hydrogen-bond acceptors (Lipinski definition) is 6. The van der Waals surface area contributed by atoms with Crippen molar-refractivity contribution in [3.05, 3.63) is 30.1 Å². The molecule has 0 radical (unpaired) electrons. The maximum Gasteiger partial charge on any atom is 1.00 e. The van der Waals surface area contributed by atoms with E-state index in [9.17, 15) is 24.2 Å². The van der Waals surface area contributed by atoms with Crippen molar-refractivity contribution >= 4 is 34.7 Å². The normalized spacial score (nSPS) is 27.0. The first-order valence-electron chi connectivity index (χ1n) is 8.18. The molecule has 1 aromatic heterocycles. The Kier molecular flexibility index (Phi) is 5.81. The van der Waals surface area contributed by atoms with Gasteiger partial charge in [0.25, 0.3) is 0 Å². The topological polar surface area (TPSA) is 98.5 Å². The number of carboxylic acid groups (broad SMARTS) is 1. The van der Waals surface area contributed by atoms with Crippen molar-refractivity contribution in [2.45, 2.75) is 42.9 Å². The number of aliphatic hydroxyl groups excluding tert-OH is 1. The molecule has 0 saturated carbocycles. The number of rotatable bonds is 4. The number of aliphatic carboxylic acids is 1. The van der Waals surface area contributed by atoms with Gasteiger partial charge < -0.3 is 19.9 Å². The van der Waals surface area contributed by atoms with Crippen molar-refractivity contribution in [1.29, 1.82) is 0 Å². The van der Waals surface area contributed by atoms with Crippen LogP contribution in [-0.2, 0) is 16.4 Å². The van der Waals surface area contributed by atoms with Gasteiger partial charge >= 0.3 is 51.4 Å². The maximum atomic E-state index is 13.6. The Balaban J connectivity index is 0.00000210. The molecule has 0 spiro atoms. The second-order valence-corrected chi connectivity index (χ2v) is 8.83. The molecule has 0 bridgehead atoms. The SMILES string of the molecule is CC1(C)S[C@@H]2[C@H]([C@H](O)c3nc4ccccc4n3CF)C(=O)N2[C@H]1C(=O)[O-].[K+]. The number of carbonyl (C=O) groups excluding carboxylic acids is 2. The Morgan fingerprint density at radius 1 is 1.44 bits per heavy atom. The minimum Gasteiger partial charge on any atom is -0.548 e. The second-order valence-electron chi connectivity index (χ2n) is 7.06. The third-order valence-electron chi connectivity index (χ3n) is 5.11. The Morgan fingerprint density at radius 3 is 2.74 bits per heavy atom. The summed E-state index contributed by atoms with van der Waals surface area (Å²) in [5, 5.41) is 21.8. The van der Waals surface area contributed by atoms with Gasteiger partial charge in [0, 0.05) is 4.75 Å². The monoisotopic (exact) mass is 417 g/mol. The molecule has 4 rings (SSSR count). The number of para-hydroxylation sites is 2. The number of fused-ring (bicyclic) bond motifs is 2. The number of β-lactam (4-membered cyclic amide) rings is 1. The summed E-state index contributed by atoms with van der Waals surface area (Å²) in [6.45, 7) is 2.57. The van der Waals surface area contributed by atoms with Gasteiger partial charge in [-0.3, -0.25) is 9.36 Å². The van der Waals surface area contributed by atoms with E-state index in [2.05, 4.69) is 4.98 Å². The minimum absolute atomic E-state index is 0. The van der Waals surface area contributed by atoms with Crippen LogP contribution in [0.5, 0.6) is 0 Å². The first-order chi connectivity index (χ1) is 12.3. The van der Waals surface area contributed by atoms with Gasteiger partial charge in [0.05, 0.1) is 28.4 Å². The average Bonchev–Trinajstić information content (AvgIpc) is 3.07. The summed E-state index contributed by atoms with van der Waals surface area (Å²) in [6, 6.07) is 5.82. The number of carbonyl (C=O) groups is 2. The molecule has 138 valence electrons. The van der Waals surface area contributed by atoms with E-state index >= 15 is 0 Å². The number of aromatic nitrogens is 2. The molecule has 3 heterocycles. The first kappa shape index (κ1) is 21.2. The van der Waals surface area contributed by atoms with Gasteiger partial charge in [0.1, 0.15) is 17.8 Å². The van der Waals surface area contributed by atoms with Crippen LogP contribution in [0.4, 0.5) is 4.39 Å². The number of carboxylic acids is 1. The van der Waals surface area contributed by atoms with Crippen LogP contribution in [0.25, 0.3) is 11.0 Å². The molecular formula is C17H17FKN3O4S. The molecule has 2 saturated heterocycles. The quantitative estimate of drug-likeness (QED) is 0.434. The van der Waals surface area contributed by atoms with E-state index in [1.165, 1.54) is 21.2 Å². The van der Waals surface area contributed by atoms with Crippen molar-refractivity contribution in [3.63, 3.8) is 0 Å². The number of halogens is 1. The number of thioether (sulfide) groups is 1. The molecule has 4 atom stereocenters. The van der Waals surface area contributed by atoms with Crippen LogP contribution in [0.2, 0.25) is 0 Å². The van der Waals surface area contributed by atoms with Crippen molar-refractivity contribution in [2.75, 3.05) is 0 Å². The summed E-state index contributed by atoms with van der Waals surface area (Å²) in [5.41, 5.74) is 1.05. The number of alkyl halides is 1. The molecule has 1 amide bonds. The predicted octanol–water partition coefficient (Wildman–Crippen LogP) is -2.57. The van der Waals surface area contributed by atoms with E-state index < -0.39 is 46.9 Å². The van der Waals surface area contributed by atoms with E-state index in [1.807, 2.05) is 0 Å². The fourth-order valence-electron chi connectivity index (χ4n) is 3.92. The Morgan fingerprint density at radius 2 is 2.11 bits per heavy atom. The summed E-state index contributed by atoms with van der Waals surface area (Å²) < 4.78 is 14.1. The number of hydrogen-bond donors (Lipinski definition) is 1. The molecule has 10 heteroatoms. The summed E-state index contributed by atoms with van der Waals surface area (Å²) in [6.07, 6.45) is -1.32. The summed E-state index contributed by atoms with van der Waals surface area (Å²) in [5.74, 6) is -2.60. The average molecular weight is 418 g/mol. The van der Waals surface area contributed by atoms with Crippen molar-refractivity contribution < 1.29 is 75.6 Å². The zero-order valence-electron chi connectivity index (χ0n) is 15.1. The third-order valence-corrected chi connectivity index (χ3v) is 6.71. The number of aliphatic hydroxyl groups is 1. The van der Waals surface area contributed by atoms with Gasteiger partial charge in [-0.2, -0.15) is 0 Å². The van der Waals surface area contributed by atoms with Crippen LogP contribution in [0.1, 0.15) is 25.8 Å². The number of amides is 1. The summed E-state index contributed by atoms with van der Waals surface area (Å²) in [4.78, 5) is 29.6. The standard InChI is InChI=1S/C17H18FN3O4S.K/c1-17(2)12(16(24)25)21-14(23)10(15(21)26-17)11(22)13-19-8-5-3-4-6-9(8)20(13)7-18;/h3-6,10-12,15,22H,7H2,1-2H3,(H,24,25);/q;+1/p-1/t10-,11+,12+,15-;/m1./s1. The molecule has 2 aliphatic rings. The van der Waals surface area contributed by atoms with Gasteiger partial charge in [-0.1, -0.05) is 12.1 Å². The van der Waals surface area contributed by atoms with Crippen molar-refractivity contribution in [2.24, 2.45) is 5.92 Å². The van der Waals surface area contributed by atoms with E-state index in [0.717, 1.165) is 0 Å². The fourth-order valence-corrected chi connectivity index (χ4v) is 5.63. The van der Waals surface area contributed by atoms with Crippen molar-refractivity contribution in [1.82, 2.24) is 14.5 Å². The molecule has 1 aromatic carbocycles. The molecule has 0 aliphatic carbocycles. The molecule has 2 aromatic rings. The Hall–Kier alpha value is -0.494. The smallest absolute Gasteiger partial charge is 0.548 e. The van der Waals surface area contributed by atoms with Crippen LogP contribution in [0.3, 0.4) is 0 Å². The molecule has 0 unspecified atom stereocenters. The molecule has 7 nitrogen and oxygen atoms in total. The first-order valence-corrected chi connectivity index (χ1v) is 9.06. The van der Waals surface area contributed by atoms with Crippen LogP contribution >= 0.6 is 11.8 Å². The maximum absolute atomic E-state index is 13.6. The number of imidazole rings is 1. The van der Waals surface area contributed by atoms with Crippen LogP contribution in [-0.4, -0.2) is 47.6 Å². The number of benzene rings is 1. The predicted molar refractivity (Wildman–Crippen MR) is 90.4 cm³/mol. The zero-order chi connectivity index (χ0) is 18.8. The van der Waals surface area contributed by atoms with E-state index in [-0.39, 0.29) is 57.2 Å². The number of nitrogens with zero attached hydrogens (tertiary/aromatic N) is 3. The Bertz CT molecular complexity index is 921.